The van der Waals surface area contributed by atoms with Crippen molar-refractivity contribution in [2.24, 2.45) is 0 Å². The monoisotopic (exact) mass is 268 g/mol. The summed E-state index contributed by atoms with van der Waals surface area (Å²) in [6, 6.07) is 8.53. The first kappa shape index (κ1) is 12.0. The van der Waals surface area contributed by atoms with Crippen LogP contribution in [0.15, 0.2) is 36.5 Å². The zero-order chi connectivity index (χ0) is 12.3. The second-order valence-electron chi connectivity index (χ2n) is 3.46. The lowest BCUT2D eigenvalue weighted by molar-refractivity contribution is 0.469. The number of hydrogen-bond donors (Lipinski definition) is 2. The van der Waals surface area contributed by atoms with Crippen LogP contribution in [0.3, 0.4) is 0 Å². The Hall–Kier alpha value is -1.45. The molecule has 0 aliphatic rings. The molecule has 2 rings (SSSR count). The molecule has 5 heteroatoms. The molecule has 88 valence electrons. The summed E-state index contributed by atoms with van der Waals surface area (Å²) in [5, 5.41) is 13.7. The molecule has 1 aromatic carbocycles. The minimum Gasteiger partial charge on any atom is -0.508 e. The van der Waals surface area contributed by atoms with E-state index in [1.165, 1.54) is 0 Å². The van der Waals surface area contributed by atoms with Gasteiger partial charge in [0, 0.05) is 17.1 Å². The van der Waals surface area contributed by atoms with Gasteiger partial charge in [0.15, 0.2) is 0 Å². The molecule has 0 bridgehead atoms. The maximum absolute atomic E-state index is 9.65. The summed E-state index contributed by atoms with van der Waals surface area (Å²) < 4.78 is 0. The molecule has 2 N–H and O–H groups in total. The van der Waals surface area contributed by atoms with Crippen LogP contribution >= 0.6 is 23.2 Å². The van der Waals surface area contributed by atoms with E-state index >= 15 is 0 Å². The van der Waals surface area contributed by atoms with Crippen LogP contribution in [-0.4, -0.2) is 10.1 Å². The van der Waals surface area contributed by atoms with Crippen molar-refractivity contribution in [1.82, 2.24) is 4.98 Å². The Labute approximate surface area is 109 Å². The highest BCUT2D eigenvalue weighted by atomic mass is 35.5. The van der Waals surface area contributed by atoms with Crippen LogP contribution in [0.5, 0.6) is 5.75 Å². The second-order valence-corrected chi connectivity index (χ2v) is 4.26. The Balaban J connectivity index is 2.10. The van der Waals surface area contributed by atoms with Crippen molar-refractivity contribution < 1.29 is 5.11 Å². The average Bonchev–Trinajstić information content (AvgIpc) is 2.31. The van der Waals surface area contributed by atoms with Crippen LogP contribution in [0.1, 0.15) is 5.56 Å². The van der Waals surface area contributed by atoms with Gasteiger partial charge < -0.3 is 10.4 Å². The van der Waals surface area contributed by atoms with Crippen LogP contribution in [0.25, 0.3) is 0 Å². The molecule has 0 aliphatic carbocycles. The van der Waals surface area contributed by atoms with Gasteiger partial charge >= 0.3 is 0 Å². The quantitative estimate of drug-likeness (QED) is 0.835. The van der Waals surface area contributed by atoms with E-state index in [2.05, 4.69) is 10.3 Å². The first-order valence-electron chi connectivity index (χ1n) is 4.98. The van der Waals surface area contributed by atoms with Crippen LogP contribution in [-0.2, 0) is 6.54 Å². The van der Waals surface area contributed by atoms with Crippen LogP contribution in [0.2, 0.25) is 10.2 Å². The third kappa shape index (κ3) is 3.02. The number of nitrogens with zero attached hydrogens (tertiary/aromatic N) is 1. The van der Waals surface area contributed by atoms with E-state index in [4.69, 9.17) is 23.2 Å². The highest BCUT2D eigenvalue weighted by Crippen LogP contribution is 2.26. The van der Waals surface area contributed by atoms with E-state index in [1.54, 1.807) is 30.5 Å². The highest BCUT2D eigenvalue weighted by molar-refractivity contribution is 6.31. The molecule has 0 saturated carbocycles. The third-order valence-electron chi connectivity index (χ3n) is 2.29. The number of hydrogen-bond acceptors (Lipinski definition) is 3. The van der Waals surface area contributed by atoms with E-state index < -0.39 is 0 Å². The Morgan fingerprint density at radius 1 is 1.18 bits per heavy atom. The van der Waals surface area contributed by atoms with Crippen molar-refractivity contribution in [1.29, 1.82) is 0 Å². The Bertz CT molecular complexity index is 494. The normalized spacial score (nSPS) is 10.2. The summed E-state index contributed by atoms with van der Waals surface area (Å²) in [7, 11) is 0. The Kier molecular flexibility index (Phi) is 3.71. The number of halogens is 2. The molecule has 3 nitrogen and oxygen atoms in total. The van der Waals surface area contributed by atoms with Gasteiger partial charge in [-0.2, -0.15) is 0 Å². The average molecular weight is 269 g/mol. The maximum Gasteiger partial charge on any atom is 0.129 e. The smallest absolute Gasteiger partial charge is 0.129 e. The molecule has 0 amide bonds. The summed E-state index contributed by atoms with van der Waals surface area (Å²) >= 11 is 11.7. The first-order valence-corrected chi connectivity index (χ1v) is 5.74. The molecule has 1 aromatic heterocycles. The van der Waals surface area contributed by atoms with Crippen molar-refractivity contribution in [3.8, 4) is 5.75 Å². The number of phenols is 1. The molecule has 0 fully saturated rings. The Morgan fingerprint density at radius 2 is 2.00 bits per heavy atom. The van der Waals surface area contributed by atoms with Crippen molar-refractivity contribution in [3.63, 3.8) is 0 Å². The number of aromatic hydroxyl groups is 1. The molecule has 0 atom stereocenters. The molecule has 0 unspecified atom stereocenters. The van der Waals surface area contributed by atoms with Gasteiger partial charge in [-0.25, -0.2) is 4.98 Å². The Morgan fingerprint density at radius 3 is 2.65 bits per heavy atom. The van der Waals surface area contributed by atoms with Crippen molar-refractivity contribution in [2.75, 3.05) is 5.32 Å². The van der Waals surface area contributed by atoms with Gasteiger partial charge in [-0.15, -0.1) is 0 Å². The SMILES string of the molecule is Oc1cccc(Cl)c1CNc1ccc(Cl)nc1. The van der Waals surface area contributed by atoms with Gasteiger partial charge in [0.05, 0.1) is 11.9 Å². The molecule has 0 saturated heterocycles. The molecule has 2 aromatic rings. The zero-order valence-corrected chi connectivity index (χ0v) is 10.3. The van der Waals surface area contributed by atoms with E-state index in [0.29, 0.717) is 22.3 Å². The number of pyridine rings is 1. The fraction of sp³-hybridized carbons (Fsp3) is 0.0833. The summed E-state index contributed by atoms with van der Waals surface area (Å²) in [6.07, 6.45) is 1.62. The molecule has 1 heterocycles. The number of nitrogens with one attached hydrogen (secondary N) is 1. The number of benzene rings is 1. The molecule has 0 aliphatic heterocycles. The fourth-order valence-corrected chi connectivity index (χ4v) is 1.74. The predicted molar refractivity (Wildman–Crippen MR) is 69.7 cm³/mol. The number of anilines is 1. The van der Waals surface area contributed by atoms with Crippen LogP contribution < -0.4 is 5.32 Å². The number of rotatable bonds is 3. The second kappa shape index (κ2) is 5.25. The topological polar surface area (TPSA) is 45.1 Å². The van der Waals surface area contributed by atoms with Gasteiger partial charge in [-0.3, -0.25) is 0 Å². The molecule has 17 heavy (non-hydrogen) atoms. The highest BCUT2D eigenvalue weighted by Gasteiger charge is 2.05. The first-order chi connectivity index (χ1) is 8.16. The molecular formula is C12H10Cl2N2O. The van der Waals surface area contributed by atoms with Crippen LogP contribution in [0, 0.1) is 0 Å². The van der Waals surface area contributed by atoms with Gasteiger partial charge in [0.2, 0.25) is 0 Å². The minimum absolute atomic E-state index is 0.173. The summed E-state index contributed by atoms with van der Waals surface area (Å²) in [6.45, 7) is 0.425. The molecule has 0 radical (unpaired) electrons. The van der Waals surface area contributed by atoms with Gasteiger partial charge in [-0.1, -0.05) is 29.3 Å². The van der Waals surface area contributed by atoms with Crippen molar-refractivity contribution in [2.45, 2.75) is 6.54 Å². The van der Waals surface area contributed by atoms with Crippen LogP contribution in [0.4, 0.5) is 5.69 Å². The van der Waals surface area contributed by atoms with E-state index in [0.717, 1.165) is 5.69 Å². The number of aromatic nitrogens is 1. The lowest BCUT2D eigenvalue weighted by atomic mass is 10.2. The lowest BCUT2D eigenvalue weighted by Gasteiger charge is -2.09. The maximum atomic E-state index is 9.65. The van der Waals surface area contributed by atoms with Gasteiger partial charge in [0.25, 0.3) is 0 Å². The zero-order valence-electron chi connectivity index (χ0n) is 8.82. The third-order valence-corrected chi connectivity index (χ3v) is 2.87. The largest absolute Gasteiger partial charge is 0.508 e. The van der Waals surface area contributed by atoms with Gasteiger partial charge in [-0.05, 0) is 24.3 Å². The molecular weight excluding hydrogens is 259 g/mol. The standard InChI is InChI=1S/C12H10Cl2N2O/c13-10-2-1-3-11(17)9(10)7-15-8-4-5-12(14)16-6-8/h1-6,15,17H,7H2. The summed E-state index contributed by atoms with van der Waals surface area (Å²) in [5.41, 5.74) is 1.47. The fourth-order valence-electron chi connectivity index (χ4n) is 1.39. The van der Waals surface area contributed by atoms with Gasteiger partial charge in [0.1, 0.15) is 10.9 Å². The van der Waals surface area contributed by atoms with E-state index in [1.807, 2.05) is 6.07 Å². The predicted octanol–water partition coefficient (Wildman–Crippen LogP) is 3.71. The minimum atomic E-state index is 0.173. The van der Waals surface area contributed by atoms with E-state index in [9.17, 15) is 5.11 Å². The number of phenolic OH excluding ortho intramolecular Hbond substituents is 1. The summed E-state index contributed by atoms with van der Waals surface area (Å²) in [4.78, 5) is 3.94. The van der Waals surface area contributed by atoms with Crippen molar-refractivity contribution >= 4 is 28.9 Å². The molecule has 0 spiro atoms. The summed E-state index contributed by atoms with van der Waals surface area (Å²) in [5.74, 6) is 0.173. The lowest BCUT2D eigenvalue weighted by Crippen LogP contribution is -2.00. The van der Waals surface area contributed by atoms with Crippen molar-refractivity contribution in [3.05, 3.63) is 52.3 Å². The van der Waals surface area contributed by atoms with E-state index in [-0.39, 0.29) is 5.75 Å².